The first kappa shape index (κ1) is 19.3. The lowest BCUT2D eigenvalue weighted by atomic mass is 9.88. The normalized spacial score (nSPS) is 16.4. The molecule has 0 aromatic carbocycles. The van der Waals surface area contributed by atoms with E-state index < -0.39 is 15.6 Å². The number of hydrogen-bond donors (Lipinski definition) is 1. The molecule has 27 heavy (non-hydrogen) atoms. The van der Waals surface area contributed by atoms with E-state index in [2.05, 4.69) is 26.2 Å². The third-order valence-corrected chi connectivity index (χ3v) is 6.65. The average molecular weight is 408 g/mol. The number of aromatic amines is 1. The number of aromatic nitrogens is 5. The topological polar surface area (TPSA) is 121 Å². The van der Waals surface area contributed by atoms with Gasteiger partial charge in [0.25, 0.3) is 0 Å². The molecule has 3 aromatic heterocycles. The van der Waals surface area contributed by atoms with Gasteiger partial charge in [0.2, 0.25) is 10.0 Å². The maximum atomic E-state index is 12.1. The summed E-state index contributed by atoms with van der Waals surface area (Å²) in [4.78, 5) is 8.74. The summed E-state index contributed by atoms with van der Waals surface area (Å²) < 4.78 is 27.6. The van der Waals surface area contributed by atoms with Crippen molar-refractivity contribution in [2.24, 2.45) is 0 Å². The summed E-state index contributed by atoms with van der Waals surface area (Å²) in [6.07, 6.45) is 6.97. The lowest BCUT2D eigenvalue weighted by Gasteiger charge is -2.49. The van der Waals surface area contributed by atoms with Gasteiger partial charge in [-0.05, 0) is 13.0 Å². The molecular weight excluding hydrogens is 390 g/mol. The van der Waals surface area contributed by atoms with Crippen LogP contribution >= 0.6 is 12.4 Å². The van der Waals surface area contributed by atoms with E-state index >= 15 is 0 Å². The number of nitrogens with zero attached hydrogens (tertiary/aromatic N) is 6. The number of nitrogens with one attached hydrogen (secondary N) is 1. The van der Waals surface area contributed by atoms with Crippen LogP contribution in [0.2, 0.25) is 0 Å². The Morgan fingerprint density at radius 3 is 2.78 bits per heavy atom. The molecule has 0 spiro atoms. The van der Waals surface area contributed by atoms with Gasteiger partial charge in [0.1, 0.15) is 12.0 Å². The number of nitriles is 1. The zero-order valence-corrected chi connectivity index (χ0v) is 16.2. The molecule has 4 heterocycles. The van der Waals surface area contributed by atoms with Gasteiger partial charge in [-0.15, -0.1) is 12.4 Å². The number of fused-ring (bicyclic) bond motifs is 1. The monoisotopic (exact) mass is 407 g/mol. The molecule has 0 aliphatic carbocycles. The third kappa shape index (κ3) is 2.97. The molecule has 1 saturated heterocycles. The highest BCUT2D eigenvalue weighted by Crippen LogP contribution is 2.38. The molecular formula is C16H18ClN7O2S. The first-order chi connectivity index (χ1) is 12.5. The summed E-state index contributed by atoms with van der Waals surface area (Å²) in [5, 5.41) is 16.9. The molecule has 0 unspecified atom stereocenters. The second-order valence-corrected chi connectivity index (χ2v) is 8.62. The Bertz CT molecular complexity index is 1100. The van der Waals surface area contributed by atoms with Gasteiger partial charge >= 0.3 is 0 Å². The van der Waals surface area contributed by atoms with Crippen LogP contribution in [0.15, 0.2) is 31.0 Å². The molecule has 1 fully saturated rings. The highest BCUT2D eigenvalue weighted by atomic mass is 35.5. The van der Waals surface area contributed by atoms with Gasteiger partial charge < -0.3 is 4.57 Å². The van der Waals surface area contributed by atoms with Crippen molar-refractivity contribution in [1.29, 1.82) is 5.26 Å². The van der Waals surface area contributed by atoms with E-state index in [0.717, 1.165) is 16.6 Å². The van der Waals surface area contributed by atoms with E-state index in [1.165, 1.54) is 10.6 Å². The summed E-state index contributed by atoms with van der Waals surface area (Å²) in [5.41, 5.74) is 1.65. The SMILES string of the molecule is CCS(=O)(=O)N1CC(CC#N)(n2ccc3c(-c4cn[nH]c4)ncnc32)C1.Cl. The number of sulfonamides is 1. The first-order valence-corrected chi connectivity index (χ1v) is 9.78. The fourth-order valence-corrected chi connectivity index (χ4v) is 4.67. The minimum atomic E-state index is -3.27. The molecule has 0 amide bonds. The van der Waals surface area contributed by atoms with Crippen LogP contribution in [0.1, 0.15) is 13.3 Å². The standard InChI is InChI=1S/C16H17N7O2S.ClH/c1-2-26(24,25)22-9-16(10-22,4-5-17)23-6-3-13-14(12-7-20-21-8-12)18-11-19-15(13)23;/h3,6-8,11H,2,4,9-10H2,1H3,(H,20,21);1H. The van der Waals surface area contributed by atoms with Crippen molar-refractivity contribution in [2.75, 3.05) is 18.8 Å². The van der Waals surface area contributed by atoms with E-state index in [0.29, 0.717) is 5.65 Å². The van der Waals surface area contributed by atoms with Gasteiger partial charge in [-0.1, -0.05) is 0 Å². The summed E-state index contributed by atoms with van der Waals surface area (Å²) in [6.45, 7) is 2.16. The van der Waals surface area contributed by atoms with Crippen molar-refractivity contribution in [3.63, 3.8) is 0 Å². The fourth-order valence-electron chi connectivity index (χ4n) is 3.43. The minimum Gasteiger partial charge on any atom is -0.323 e. The molecule has 9 nitrogen and oxygen atoms in total. The van der Waals surface area contributed by atoms with Crippen LogP contribution in [-0.4, -0.2) is 56.3 Å². The van der Waals surface area contributed by atoms with E-state index in [1.807, 2.05) is 16.8 Å². The lowest BCUT2D eigenvalue weighted by Crippen LogP contribution is -2.64. The maximum Gasteiger partial charge on any atom is 0.213 e. The van der Waals surface area contributed by atoms with E-state index in [-0.39, 0.29) is 37.7 Å². The predicted octanol–water partition coefficient (Wildman–Crippen LogP) is 1.52. The fraction of sp³-hybridized carbons (Fsp3) is 0.375. The van der Waals surface area contributed by atoms with Crippen molar-refractivity contribution < 1.29 is 8.42 Å². The zero-order valence-electron chi connectivity index (χ0n) is 14.5. The smallest absolute Gasteiger partial charge is 0.213 e. The Labute approximate surface area is 162 Å². The molecule has 1 N–H and O–H groups in total. The van der Waals surface area contributed by atoms with Crippen molar-refractivity contribution in [3.05, 3.63) is 31.0 Å². The van der Waals surface area contributed by atoms with E-state index in [9.17, 15) is 13.7 Å². The number of H-pyrrole nitrogens is 1. The Hall–Kier alpha value is -2.48. The first-order valence-electron chi connectivity index (χ1n) is 8.17. The number of rotatable bonds is 5. The van der Waals surface area contributed by atoms with Crippen LogP contribution in [0.5, 0.6) is 0 Å². The second kappa shape index (κ2) is 6.92. The van der Waals surface area contributed by atoms with Crippen molar-refractivity contribution in [1.82, 2.24) is 29.0 Å². The summed E-state index contributed by atoms with van der Waals surface area (Å²) >= 11 is 0. The van der Waals surface area contributed by atoms with Gasteiger partial charge in [0.05, 0.1) is 35.7 Å². The van der Waals surface area contributed by atoms with Gasteiger partial charge in [-0.25, -0.2) is 18.4 Å². The summed E-state index contributed by atoms with van der Waals surface area (Å²) in [6, 6.07) is 4.09. The van der Waals surface area contributed by atoms with Gasteiger partial charge in [-0.2, -0.15) is 14.7 Å². The molecule has 142 valence electrons. The number of halogens is 1. The third-order valence-electron chi connectivity index (χ3n) is 4.87. The minimum absolute atomic E-state index is 0. The Morgan fingerprint density at radius 1 is 1.37 bits per heavy atom. The molecule has 0 saturated carbocycles. The lowest BCUT2D eigenvalue weighted by molar-refractivity contribution is 0.0887. The molecule has 1 aliphatic heterocycles. The van der Waals surface area contributed by atoms with Crippen LogP contribution in [0.4, 0.5) is 0 Å². The second-order valence-electron chi connectivity index (χ2n) is 6.36. The van der Waals surface area contributed by atoms with Crippen LogP contribution < -0.4 is 0 Å². The van der Waals surface area contributed by atoms with Crippen LogP contribution in [0.25, 0.3) is 22.3 Å². The highest BCUT2D eigenvalue weighted by molar-refractivity contribution is 7.89. The Balaban J connectivity index is 0.00000210. The molecule has 0 bridgehead atoms. The zero-order chi connectivity index (χ0) is 18.4. The predicted molar refractivity (Wildman–Crippen MR) is 102 cm³/mol. The summed E-state index contributed by atoms with van der Waals surface area (Å²) in [5.74, 6) is 0.0505. The molecule has 3 aromatic rings. The summed E-state index contributed by atoms with van der Waals surface area (Å²) in [7, 11) is -3.27. The van der Waals surface area contributed by atoms with Crippen molar-refractivity contribution in [2.45, 2.75) is 18.9 Å². The molecule has 11 heteroatoms. The molecule has 1 aliphatic rings. The van der Waals surface area contributed by atoms with Crippen LogP contribution in [0, 0.1) is 11.3 Å². The quantitative estimate of drug-likeness (QED) is 0.684. The van der Waals surface area contributed by atoms with Crippen LogP contribution in [-0.2, 0) is 15.6 Å². The maximum absolute atomic E-state index is 12.1. The number of hydrogen-bond acceptors (Lipinski definition) is 6. The van der Waals surface area contributed by atoms with E-state index in [4.69, 9.17) is 0 Å². The van der Waals surface area contributed by atoms with Crippen molar-refractivity contribution >= 4 is 33.5 Å². The molecule has 4 rings (SSSR count). The van der Waals surface area contributed by atoms with Crippen molar-refractivity contribution in [3.8, 4) is 17.3 Å². The van der Waals surface area contributed by atoms with Gasteiger partial charge in [0.15, 0.2) is 0 Å². The Morgan fingerprint density at radius 2 is 2.15 bits per heavy atom. The Kier molecular flexibility index (Phi) is 4.94. The molecule has 0 atom stereocenters. The highest BCUT2D eigenvalue weighted by Gasteiger charge is 2.49. The van der Waals surface area contributed by atoms with Crippen LogP contribution in [0.3, 0.4) is 0 Å². The average Bonchev–Trinajstić information content (AvgIpc) is 3.27. The van der Waals surface area contributed by atoms with Gasteiger partial charge in [-0.3, -0.25) is 5.10 Å². The van der Waals surface area contributed by atoms with E-state index in [1.54, 1.807) is 19.3 Å². The molecule has 0 radical (unpaired) electrons. The van der Waals surface area contributed by atoms with Gasteiger partial charge in [0, 0.05) is 36.4 Å². The largest absolute Gasteiger partial charge is 0.323 e.